The van der Waals surface area contributed by atoms with Crippen LogP contribution in [-0.2, 0) is 0 Å². The molecule has 20 heavy (non-hydrogen) atoms. The van der Waals surface area contributed by atoms with E-state index in [4.69, 9.17) is 10.5 Å². The van der Waals surface area contributed by atoms with E-state index in [1.54, 1.807) is 0 Å². The van der Waals surface area contributed by atoms with Crippen molar-refractivity contribution in [1.29, 1.82) is 0 Å². The van der Waals surface area contributed by atoms with Crippen molar-refractivity contribution >= 4 is 17.3 Å². The van der Waals surface area contributed by atoms with Crippen LogP contribution < -0.4 is 15.8 Å². The van der Waals surface area contributed by atoms with E-state index in [9.17, 15) is 13.6 Å². The first kappa shape index (κ1) is 13.8. The van der Waals surface area contributed by atoms with Crippen molar-refractivity contribution in [2.45, 2.75) is 0 Å². The minimum absolute atomic E-state index is 0.0312. The predicted molar refractivity (Wildman–Crippen MR) is 71.7 cm³/mol. The van der Waals surface area contributed by atoms with Gasteiger partial charge < -0.3 is 15.8 Å². The van der Waals surface area contributed by atoms with Gasteiger partial charge in [0.1, 0.15) is 5.82 Å². The largest absolute Gasteiger partial charge is 0.494 e. The summed E-state index contributed by atoms with van der Waals surface area (Å²) in [5, 5.41) is 2.53. The molecule has 0 atom stereocenters. The number of ether oxygens (including phenoxy) is 1. The molecule has 0 unspecified atom stereocenters. The standard InChI is InChI=1S/C14H12F2N2O2/c1-20-13-6-8(2-4-11(13)16)14(19)18-9-3-5-10(15)12(17)7-9/h2-7H,17H2,1H3,(H,18,19). The normalized spacial score (nSPS) is 10.2. The average Bonchev–Trinajstić information content (AvgIpc) is 2.43. The molecule has 0 saturated heterocycles. The Balaban J connectivity index is 2.21. The number of hydrogen-bond donors (Lipinski definition) is 2. The molecule has 3 N–H and O–H groups in total. The summed E-state index contributed by atoms with van der Waals surface area (Å²) < 4.78 is 31.0. The van der Waals surface area contributed by atoms with Gasteiger partial charge in [-0.3, -0.25) is 4.79 Å². The van der Waals surface area contributed by atoms with Gasteiger partial charge in [-0.2, -0.15) is 0 Å². The van der Waals surface area contributed by atoms with Gasteiger partial charge in [-0.1, -0.05) is 0 Å². The number of amides is 1. The number of nitrogen functional groups attached to an aromatic ring is 1. The van der Waals surface area contributed by atoms with Crippen molar-refractivity contribution in [2.75, 3.05) is 18.2 Å². The van der Waals surface area contributed by atoms with Crippen LogP contribution in [0.4, 0.5) is 20.2 Å². The van der Waals surface area contributed by atoms with Gasteiger partial charge in [0.25, 0.3) is 5.91 Å². The summed E-state index contributed by atoms with van der Waals surface area (Å²) in [4.78, 5) is 12.0. The smallest absolute Gasteiger partial charge is 0.255 e. The van der Waals surface area contributed by atoms with E-state index in [0.717, 1.165) is 12.1 Å². The maximum atomic E-state index is 13.2. The van der Waals surface area contributed by atoms with Gasteiger partial charge in [-0.05, 0) is 36.4 Å². The van der Waals surface area contributed by atoms with Gasteiger partial charge in [0, 0.05) is 11.3 Å². The van der Waals surface area contributed by atoms with Crippen LogP contribution >= 0.6 is 0 Å². The van der Waals surface area contributed by atoms with E-state index >= 15 is 0 Å². The molecule has 0 aliphatic heterocycles. The molecule has 0 aromatic heterocycles. The molecule has 0 aliphatic carbocycles. The molecule has 0 saturated carbocycles. The lowest BCUT2D eigenvalue weighted by Crippen LogP contribution is -2.12. The van der Waals surface area contributed by atoms with E-state index in [0.29, 0.717) is 5.69 Å². The molecule has 2 rings (SSSR count). The Labute approximate surface area is 114 Å². The number of nitrogens with one attached hydrogen (secondary N) is 1. The minimum atomic E-state index is -0.563. The summed E-state index contributed by atoms with van der Waals surface area (Å²) in [7, 11) is 1.31. The molecule has 0 bridgehead atoms. The van der Waals surface area contributed by atoms with E-state index in [1.165, 1.54) is 31.4 Å². The molecule has 104 valence electrons. The lowest BCUT2D eigenvalue weighted by Gasteiger charge is -2.08. The first-order valence-electron chi connectivity index (χ1n) is 5.71. The summed E-state index contributed by atoms with van der Waals surface area (Å²) in [6, 6.07) is 7.55. The second kappa shape index (κ2) is 5.56. The zero-order valence-electron chi connectivity index (χ0n) is 10.6. The molecule has 6 heteroatoms. The quantitative estimate of drug-likeness (QED) is 0.848. The van der Waals surface area contributed by atoms with Crippen molar-refractivity contribution in [1.82, 2.24) is 0 Å². The molecule has 0 spiro atoms. The molecule has 0 fully saturated rings. The summed E-state index contributed by atoms with van der Waals surface area (Å²) in [5.74, 6) is -1.63. The lowest BCUT2D eigenvalue weighted by atomic mass is 10.2. The minimum Gasteiger partial charge on any atom is -0.494 e. The van der Waals surface area contributed by atoms with E-state index in [1.807, 2.05) is 0 Å². The van der Waals surface area contributed by atoms with Crippen LogP contribution in [0.3, 0.4) is 0 Å². The number of nitrogens with two attached hydrogens (primary N) is 1. The molecule has 2 aromatic carbocycles. The van der Waals surface area contributed by atoms with Crippen molar-refractivity contribution in [3.05, 3.63) is 53.6 Å². The number of carbonyl (C=O) groups is 1. The Hall–Kier alpha value is -2.63. The number of anilines is 2. The molecular weight excluding hydrogens is 266 g/mol. The number of carbonyl (C=O) groups excluding carboxylic acids is 1. The van der Waals surface area contributed by atoms with E-state index < -0.39 is 17.5 Å². The van der Waals surface area contributed by atoms with Gasteiger partial charge in [-0.25, -0.2) is 8.78 Å². The molecule has 2 aromatic rings. The fraction of sp³-hybridized carbons (Fsp3) is 0.0714. The SMILES string of the molecule is COc1cc(C(=O)Nc2ccc(F)c(N)c2)ccc1F. The molecule has 4 nitrogen and oxygen atoms in total. The number of rotatable bonds is 3. The third-order valence-corrected chi connectivity index (χ3v) is 2.67. The highest BCUT2D eigenvalue weighted by Gasteiger charge is 2.11. The third-order valence-electron chi connectivity index (χ3n) is 2.67. The summed E-state index contributed by atoms with van der Waals surface area (Å²) in [5.41, 5.74) is 5.89. The first-order chi connectivity index (χ1) is 9.51. The summed E-state index contributed by atoms with van der Waals surface area (Å²) >= 11 is 0. The van der Waals surface area contributed by atoms with Crippen LogP contribution in [0.5, 0.6) is 5.75 Å². The highest BCUT2D eigenvalue weighted by atomic mass is 19.1. The Kier molecular flexibility index (Phi) is 3.84. The van der Waals surface area contributed by atoms with Crippen molar-refractivity contribution < 1.29 is 18.3 Å². The Morgan fingerprint density at radius 2 is 1.85 bits per heavy atom. The van der Waals surface area contributed by atoms with E-state index in [2.05, 4.69) is 5.32 Å². The van der Waals surface area contributed by atoms with Crippen LogP contribution in [0.1, 0.15) is 10.4 Å². The van der Waals surface area contributed by atoms with Crippen molar-refractivity contribution in [2.24, 2.45) is 0 Å². The average molecular weight is 278 g/mol. The Morgan fingerprint density at radius 1 is 1.15 bits per heavy atom. The van der Waals surface area contributed by atoms with Gasteiger partial charge in [0.15, 0.2) is 11.6 Å². The highest BCUT2D eigenvalue weighted by Crippen LogP contribution is 2.20. The zero-order chi connectivity index (χ0) is 14.7. The Morgan fingerprint density at radius 3 is 2.50 bits per heavy atom. The number of hydrogen-bond acceptors (Lipinski definition) is 3. The van der Waals surface area contributed by atoms with Gasteiger partial charge in [-0.15, -0.1) is 0 Å². The second-order valence-corrected chi connectivity index (χ2v) is 4.04. The maximum Gasteiger partial charge on any atom is 0.255 e. The predicted octanol–water partition coefficient (Wildman–Crippen LogP) is 2.81. The van der Waals surface area contributed by atoms with Gasteiger partial charge >= 0.3 is 0 Å². The molecule has 0 aliphatic rings. The fourth-order valence-electron chi connectivity index (χ4n) is 1.63. The second-order valence-electron chi connectivity index (χ2n) is 4.04. The van der Waals surface area contributed by atoms with Crippen LogP contribution in [0.25, 0.3) is 0 Å². The van der Waals surface area contributed by atoms with E-state index in [-0.39, 0.29) is 17.0 Å². The number of benzene rings is 2. The van der Waals surface area contributed by atoms with Crippen molar-refractivity contribution in [3.8, 4) is 5.75 Å². The van der Waals surface area contributed by atoms with Crippen LogP contribution in [-0.4, -0.2) is 13.0 Å². The maximum absolute atomic E-state index is 13.2. The molecule has 0 radical (unpaired) electrons. The van der Waals surface area contributed by atoms with Gasteiger partial charge in [0.2, 0.25) is 0 Å². The number of halogens is 2. The number of methoxy groups -OCH3 is 1. The fourth-order valence-corrected chi connectivity index (χ4v) is 1.63. The molecule has 1 amide bonds. The van der Waals surface area contributed by atoms with Gasteiger partial charge in [0.05, 0.1) is 12.8 Å². The monoisotopic (exact) mass is 278 g/mol. The highest BCUT2D eigenvalue weighted by molar-refractivity contribution is 6.04. The first-order valence-corrected chi connectivity index (χ1v) is 5.71. The summed E-state index contributed by atoms with van der Waals surface area (Å²) in [6.07, 6.45) is 0. The van der Waals surface area contributed by atoms with Crippen LogP contribution in [0.2, 0.25) is 0 Å². The topological polar surface area (TPSA) is 64.3 Å². The summed E-state index contributed by atoms with van der Waals surface area (Å²) in [6.45, 7) is 0. The Bertz CT molecular complexity index is 660. The zero-order valence-corrected chi connectivity index (χ0v) is 10.6. The third kappa shape index (κ3) is 2.85. The van der Waals surface area contributed by atoms with Crippen molar-refractivity contribution in [3.63, 3.8) is 0 Å². The van der Waals surface area contributed by atoms with Crippen LogP contribution in [0, 0.1) is 11.6 Å². The molecule has 0 heterocycles. The molecular formula is C14H12F2N2O2. The van der Waals surface area contributed by atoms with Crippen LogP contribution in [0.15, 0.2) is 36.4 Å². The lowest BCUT2D eigenvalue weighted by molar-refractivity contribution is 0.102.